The zero-order valence-electron chi connectivity index (χ0n) is 10.6. The van der Waals surface area contributed by atoms with E-state index >= 15 is 0 Å². The van der Waals surface area contributed by atoms with Crippen molar-refractivity contribution in [2.75, 3.05) is 7.11 Å². The molecule has 1 aliphatic heterocycles. The van der Waals surface area contributed by atoms with Crippen molar-refractivity contribution in [3.8, 4) is 0 Å². The lowest BCUT2D eigenvalue weighted by atomic mass is 9.92. The van der Waals surface area contributed by atoms with Crippen LogP contribution in [-0.2, 0) is 19.1 Å². The quantitative estimate of drug-likeness (QED) is 0.600. The van der Waals surface area contributed by atoms with Gasteiger partial charge in [0.25, 0.3) is 5.91 Å². The normalized spacial score (nSPS) is 25.8. The molecule has 0 aromatic carbocycles. The summed E-state index contributed by atoms with van der Waals surface area (Å²) in [4.78, 5) is 36.6. The first-order valence-corrected chi connectivity index (χ1v) is 6.01. The number of ether oxygens (including phenoxy) is 1. The number of nitrogens with zero attached hydrogens (tertiary/aromatic N) is 1. The number of rotatable bonds is 3. The Bertz CT molecular complexity index is 641. The van der Waals surface area contributed by atoms with E-state index in [0.29, 0.717) is 5.76 Å². The Kier molecular flexibility index (Phi) is 2.87. The van der Waals surface area contributed by atoms with E-state index < -0.39 is 12.1 Å². The van der Waals surface area contributed by atoms with Crippen LogP contribution in [-0.4, -0.2) is 35.6 Å². The summed E-state index contributed by atoms with van der Waals surface area (Å²) in [7, 11) is 1.41. The van der Waals surface area contributed by atoms with Gasteiger partial charge in [-0.1, -0.05) is 0 Å². The summed E-state index contributed by atoms with van der Waals surface area (Å²) in [5.41, 5.74) is 0.0530. The Morgan fingerprint density at radius 2 is 2.05 bits per heavy atom. The first kappa shape index (κ1) is 12.6. The van der Waals surface area contributed by atoms with Gasteiger partial charge in [0.1, 0.15) is 11.8 Å². The largest absolute Gasteiger partial charge is 0.467 e. The lowest BCUT2D eigenvalue weighted by molar-refractivity contribution is -0.169. The third-order valence-electron chi connectivity index (χ3n) is 3.32. The van der Waals surface area contributed by atoms with E-state index in [1.807, 2.05) is 0 Å². The molecule has 6 nitrogen and oxygen atoms in total. The Morgan fingerprint density at radius 3 is 2.70 bits per heavy atom. The van der Waals surface area contributed by atoms with Crippen LogP contribution in [0.4, 0.5) is 0 Å². The van der Waals surface area contributed by atoms with E-state index in [2.05, 4.69) is 0 Å². The van der Waals surface area contributed by atoms with Crippen LogP contribution in [0.3, 0.4) is 0 Å². The number of hydrogen-bond donors (Lipinski definition) is 0. The molecule has 0 radical (unpaired) electrons. The number of methoxy groups -OCH3 is 1. The second-order valence-electron chi connectivity index (χ2n) is 4.45. The average molecular weight is 273 g/mol. The lowest BCUT2D eigenvalue weighted by Gasteiger charge is -2.45. The highest BCUT2D eigenvalue weighted by Crippen LogP contribution is 2.40. The fourth-order valence-corrected chi connectivity index (χ4v) is 2.38. The molecule has 1 amide bonds. The summed E-state index contributed by atoms with van der Waals surface area (Å²) >= 11 is 0. The molecule has 1 aliphatic carbocycles. The SMILES string of the molecule is CO[C@@H]1C(=O)N(C2=CC(=O)C=CC2=O)[C@@H]1c1ccco1. The van der Waals surface area contributed by atoms with Crippen LogP contribution in [0.15, 0.2) is 46.7 Å². The first-order valence-electron chi connectivity index (χ1n) is 6.01. The maximum Gasteiger partial charge on any atom is 0.259 e. The van der Waals surface area contributed by atoms with Gasteiger partial charge in [-0.2, -0.15) is 0 Å². The maximum absolute atomic E-state index is 12.1. The van der Waals surface area contributed by atoms with Crippen molar-refractivity contribution >= 4 is 17.5 Å². The molecule has 3 rings (SSSR count). The van der Waals surface area contributed by atoms with Crippen LogP contribution in [0.5, 0.6) is 0 Å². The van der Waals surface area contributed by atoms with E-state index in [1.54, 1.807) is 12.1 Å². The molecular formula is C14H11NO5. The summed E-state index contributed by atoms with van der Waals surface area (Å²) in [6.45, 7) is 0. The van der Waals surface area contributed by atoms with Crippen molar-refractivity contribution in [1.82, 2.24) is 4.90 Å². The van der Waals surface area contributed by atoms with E-state index in [0.717, 1.165) is 12.2 Å². The third-order valence-corrected chi connectivity index (χ3v) is 3.32. The number of carbonyl (C=O) groups excluding carboxylic acids is 3. The van der Waals surface area contributed by atoms with Gasteiger partial charge in [0.15, 0.2) is 11.9 Å². The number of furan rings is 1. The van der Waals surface area contributed by atoms with Gasteiger partial charge < -0.3 is 9.15 Å². The van der Waals surface area contributed by atoms with Gasteiger partial charge in [0, 0.05) is 13.2 Å². The van der Waals surface area contributed by atoms with Gasteiger partial charge in [0.05, 0.1) is 12.0 Å². The Hall–Kier alpha value is -2.47. The Morgan fingerprint density at radius 1 is 1.25 bits per heavy atom. The molecule has 1 fully saturated rings. The van der Waals surface area contributed by atoms with Crippen LogP contribution in [0, 0.1) is 0 Å². The molecule has 2 aliphatic rings. The van der Waals surface area contributed by atoms with Crippen molar-refractivity contribution in [3.05, 3.63) is 48.1 Å². The van der Waals surface area contributed by atoms with Gasteiger partial charge in [-0.15, -0.1) is 0 Å². The number of carbonyl (C=O) groups is 3. The standard InChI is InChI=1S/C14H11NO5/c1-19-13-12(11-3-2-6-20-11)15(14(13)18)9-7-8(16)4-5-10(9)17/h2-7,12-13H,1H3/t12-,13+/m1/s1. The molecule has 2 heterocycles. The number of hydrogen-bond acceptors (Lipinski definition) is 5. The Balaban J connectivity index is 1.98. The predicted molar refractivity (Wildman–Crippen MR) is 66.3 cm³/mol. The van der Waals surface area contributed by atoms with E-state index in [1.165, 1.54) is 24.3 Å². The van der Waals surface area contributed by atoms with Crippen molar-refractivity contribution in [3.63, 3.8) is 0 Å². The van der Waals surface area contributed by atoms with E-state index in [-0.39, 0.29) is 23.2 Å². The summed E-state index contributed by atoms with van der Waals surface area (Å²) in [5, 5.41) is 0. The highest BCUT2D eigenvalue weighted by molar-refractivity contribution is 6.19. The number of amides is 1. The smallest absolute Gasteiger partial charge is 0.259 e. The van der Waals surface area contributed by atoms with Gasteiger partial charge in [-0.05, 0) is 24.3 Å². The van der Waals surface area contributed by atoms with Crippen molar-refractivity contribution < 1.29 is 23.5 Å². The van der Waals surface area contributed by atoms with Gasteiger partial charge >= 0.3 is 0 Å². The summed E-state index contributed by atoms with van der Waals surface area (Å²) in [5.74, 6) is -0.570. The maximum atomic E-state index is 12.1. The summed E-state index contributed by atoms with van der Waals surface area (Å²) < 4.78 is 10.4. The van der Waals surface area contributed by atoms with Crippen LogP contribution in [0.1, 0.15) is 11.8 Å². The fraction of sp³-hybridized carbons (Fsp3) is 0.214. The van der Waals surface area contributed by atoms with Gasteiger partial charge in [0.2, 0.25) is 5.78 Å². The molecule has 1 aromatic rings. The monoisotopic (exact) mass is 273 g/mol. The highest BCUT2D eigenvalue weighted by Gasteiger charge is 2.53. The van der Waals surface area contributed by atoms with Crippen LogP contribution in [0.25, 0.3) is 0 Å². The topological polar surface area (TPSA) is 76.8 Å². The summed E-state index contributed by atoms with van der Waals surface area (Å²) in [6.07, 6.45) is 4.25. The molecule has 0 spiro atoms. The van der Waals surface area contributed by atoms with Crippen molar-refractivity contribution in [2.24, 2.45) is 0 Å². The number of ketones is 2. The Labute approximate surface area is 114 Å². The van der Waals surface area contributed by atoms with E-state index in [4.69, 9.17) is 9.15 Å². The second kappa shape index (κ2) is 4.57. The summed E-state index contributed by atoms with van der Waals surface area (Å²) in [6, 6.07) is 2.85. The number of allylic oxidation sites excluding steroid dienone is 3. The van der Waals surface area contributed by atoms with Crippen LogP contribution < -0.4 is 0 Å². The lowest BCUT2D eigenvalue weighted by Crippen LogP contribution is -2.59. The molecule has 0 bridgehead atoms. The number of β-lactam (4-membered cyclic amide) rings is 1. The van der Waals surface area contributed by atoms with Crippen LogP contribution >= 0.6 is 0 Å². The molecule has 102 valence electrons. The molecular weight excluding hydrogens is 262 g/mol. The second-order valence-corrected chi connectivity index (χ2v) is 4.45. The minimum absolute atomic E-state index is 0.0530. The van der Waals surface area contributed by atoms with Crippen LogP contribution in [0.2, 0.25) is 0 Å². The van der Waals surface area contributed by atoms with Crippen molar-refractivity contribution in [2.45, 2.75) is 12.1 Å². The van der Waals surface area contributed by atoms with Crippen molar-refractivity contribution in [1.29, 1.82) is 0 Å². The molecule has 0 saturated carbocycles. The highest BCUT2D eigenvalue weighted by atomic mass is 16.5. The molecule has 2 atom stereocenters. The molecule has 6 heteroatoms. The zero-order chi connectivity index (χ0) is 14.3. The minimum atomic E-state index is -0.712. The van der Waals surface area contributed by atoms with E-state index in [9.17, 15) is 14.4 Å². The molecule has 1 aromatic heterocycles. The minimum Gasteiger partial charge on any atom is -0.467 e. The van der Waals surface area contributed by atoms with Gasteiger partial charge in [-0.3, -0.25) is 19.3 Å². The first-order chi connectivity index (χ1) is 9.63. The molecule has 20 heavy (non-hydrogen) atoms. The van der Waals surface area contributed by atoms with Gasteiger partial charge in [-0.25, -0.2) is 0 Å². The predicted octanol–water partition coefficient (Wildman–Crippen LogP) is 0.770. The third kappa shape index (κ3) is 1.73. The molecule has 1 saturated heterocycles. The number of likely N-dealkylation sites (tertiary alicyclic amines) is 1. The zero-order valence-corrected chi connectivity index (χ0v) is 10.6. The molecule has 0 unspecified atom stereocenters. The average Bonchev–Trinajstić information content (AvgIpc) is 2.93. The fourth-order valence-electron chi connectivity index (χ4n) is 2.38. The molecule has 0 N–H and O–H groups in total.